The normalized spacial score (nSPS) is 27.5. The molecule has 3 atom stereocenters. The SMILES string of the molecule is CCCCCCCCC[N+]1(C)C2CCC1CC(OC(=O)C(CCO)c1ccccc1)C2.[Br-]. The van der Waals surface area contributed by atoms with E-state index >= 15 is 0 Å². The van der Waals surface area contributed by atoms with E-state index in [0.717, 1.165) is 18.4 Å². The third-order valence-corrected chi connectivity index (χ3v) is 8.00. The summed E-state index contributed by atoms with van der Waals surface area (Å²) in [5, 5.41) is 9.47. The molecule has 2 heterocycles. The van der Waals surface area contributed by atoms with E-state index in [4.69, 9.17) is 4.74 Å². The second-order valence-corrected chi connectivity index (χ2v) is 10.1. The van der Waals surface area contributed by atoms with Gasteiger partial charge in [0.2, 0.25) is 0 Å². The van der Waals surface area contributed by atoms with Crippen LogP contribution >= 0.6 is 0 Å². The summed E-state index contributed by atoms with van der Waals surface area (Å²) in [5.74, 6) is -0.521. The van der Waals surface area contributed by atoms with Crippen molar-refractivity contribution in [1.82, 2.24) is 0 Å². The molecule has 0 radical (unpaired) electrons. The number of quaternary nitrogens is 1. The Kier molecular flexibility index (Phi) is 11.7. The van der Waals surface area contributed by atoms with Crippen molar-refractivity contribution in [3.05, 3.63) is 35.9 Å². The number of aliphatic hydroxyl groups is 1. The molecule has 0 aliphatic carbocycles. The molecule has 1 aromatic carbocycles. The van der Waals surface area contributed by atoms with Crippen molar-refractivity contribution in [3.8, 4) is 0 Å². The molecule has 2 aliphatic heterocycles. The molecule has 0 aromatic heterocycles. The number of benzene rings is 1. The molecule has 4 nitrogen and oxygen atoms in total. The van der Waals surface area contributed by atoms with E-state index in [-0.39, 0.29) is 41.6 Å². The van der Waals surface area contributed by atoms with Gasteiger partial charge in [-0.3, -0.25) is 4.79 Å². The number of fused-ring (bicyclic) bond motifs is 2. The van der Waals surface area contributed by atoms with Gasteiger partial charge in [0.15, 0.2) is 0 Å². The molecule has 32 heavy (non-hydrogen) atoms. The highest BCUT2D eigenvalue weighted by atomic mass is 79.9. The van der Waals surface area contributed by atoms with Gasteiger partial charge in [-0.15, -0.1) is 0 Å². The Morgan fingerprint density at radius 1 is 1.03 bits per heavy atom. The molecule has 1 aromatic rings. The molecule has 1 N–H and O–H groups in total. The predicted octanol–water partition coefficient (Wildman–Crippen LogP) is 2.59. The first-order chi connectivity index (χ1) is 15.1. The molecule has 3 unspecified atom stereocenters. The number of carbonyl (C=O) groups is 1. The largest absolute Gasteiger partial charge is 1.00 e. The van der Waals surface area contributed by atoms with Gasteiger partial charge >= 0.3 is 5.97 Å². The number of piperidine rings is 1. The van der Waals surface area contributed by atoms with Crippen molar-refractivity contribution in [2.45, 2.75) is 108 Å². The number of rotatable bonds is 13. The summed E-state index contributed by atoms with van der Waals surface area (Å²) in [7, 11) is 2.45. The molecule has 2 aliphatic rings. The number of halogens is 1. The zero-order chi connectivity index (χ0) is 22.1. The van der Waals surface area contributed by atoms with E-state index in [1.54, 1.807) is 0 Å². The summed E-state index contributed by atoms with van der Waals surface area (Å²) in [4.78, 5) is 13.0. The third-order valence-electron chi connectivity index (χ3n) is 8.00. The lowest BCUT2D eigenvalue weighted by atomic mass is 9.94. The summed E-state index contributed by atoms with van der Waals surface area (Å²) in [6, 6.07) is 11.0. The minimum Gasteiger partial charge on any atom is -1.00 e. The zero-order valence-electron chi connectivity index (χ0n) is 20.2. The molecule has 2 bridgehead atoms. The highest BCUT2D eigenvalue weighted by Gasteiger charge is 2.52. The number of carbonyl (C=O) groups excluding carboxylic acids is 1. The Bertz CT molecular complexity index is 654. The van der Waals surface area contributed by atoms with Gasteiger partial charge in [0.25, 0.3) is 0 Å². The lowest BCUT2D eigenvalue weighted by Crippen LogP contribution is -3.00. The second-order valence-electron chi connectivity index (χ2n) is 10.1. The van der Waals surface area contributed by atoms with E-state index in [1.165, 1.54) is 68.8 Å². The topological polar surface area (TPSA) is 46.5 Å². The maximum atomic E-state index is 13.0. The van der Waals surface area contributed by atoms with Crippen LogP contribution in [0.3, 0.4) is 0 Å². The Hall–Kier alpha value is -0.910. The molecule has 2 fully saturated rings. The van der Waals surface area contributed by atoms with Crippen LogP contribution in [-0.4, -0.2) is 53.9 Å². The Morgan fingerprint density at radius 3 is 2.22 bits per heavy atom. The Labute approximate surface area is 206 Å². The first-order valence-electron chi connectivity index (χ1n) is 12.8. The van der Waals surface area contributed by atoms with Gasteiger partial charge in [-0.05, 0) is 24.8 Å². The summed E-state index contributed by atoms with van der Waals surface area (Å²) in [6.45, 7) is 3.55. The molecular formula is C27H44BrNO3. The fourth-order valence-electron chi connectivity index (χ4n) is 6.05. The van der Waals surface area contributed by atoms with Crippen LogP contribution in [0.1, 0.15) is 95.5 Å². The lowest BCUT2D eigenvalue weighted by Gasteiger charge is -2.47. The number of nitrogens with zero attached hydrogens (tertiary/aromatic N) is 1. The molecule has 5 heteroatoms. The number of hydrogen-bond acceptors (Lipinski definition) is 3. The number of esters is 1. The van der Waals surface area contributed by atoms with Crippen molar-refractivity contribution in [1.29, 1.82) is 0 Å². The second kappa shape index (κ2) is 13.7. The quantitative estimate of drug-likeness (QED) is 0.252. The lowest BCUT2D eigenvalue weighted by molar-refractivity contribution is -0.949. The molecule has 2 saturated heterocycles. The van der Waals surface area contributed by atoms with Crippen LogP contribution in [0.5, 0.6) is 0 Å². The first kappa shape index (κ1) is 27.3. The monoisotopic (exact) mass is 509 g/mol. The standard InChI is InChI=1S/C27H44NO3.BrH/c1-3-4-5-6-7-8-12-18-28(2)23-15-16-24(28)21-25(20-23)31-27(30)26(17-19-29)22-13-10-9-11-14-22;/h9-11,13-14,23-26,29H,3-8,12,15-21H2,1-2H3;1H/q+1;/p-1. The van der Waals surface area contributed by atoms with Gasteiger partial charge in [0, 0.05) is 32.3 Å². The fourth-order valence-corrected chi connectivity index (χ4v) is 6.05. The van der Waals surface area contributed by atoms with Crippen molar-refractivity contribution >= 4 is 5.97 Å². The summed E-state index contributed by atoms with van der Waals surface area (Å²) in [5.41, 5.74) is 0.944. The molecule has 0 saturated carbocycles. The van der Waals surface area contributed by atoms with Gasteiger partial charge in [0.1, 0.15) is 6.10 Å². The van der Waals surface area contributed by atoms with Gasteiger partial charge in [0.05, 0.1) is 31.6 Å². The van der Waals surface area contributed by atoms with Crippen LogP contribution in [0.25, 0.3) is 0 Å². The van der Waals surface area contributed by atoms with Crippen molar-refractivity contribution in [2.24, 2.45) is 0 Å². The number of hydrogen-bond donors (Lipinski definition) is 1. The number of aliphatic hydroxyl groups excluding tert-OH is 1. The number of unbranched alkanes of at least 4 members (excludes halogenated alkanes) is 6. The van der Waals surface area contributed by atoms with Crippen LogP contribution in [0.4, 0.5) is 0 Å². The van der Waals surface area contributed by atoms with Crippen LogP contribution in [0.15, 0.2) is 30.3 Å². The molecule has 3 rings (SSSR count). The maximum Gasteiger partial charge on any atom is 0.313 e. The van der Waals surface area contributed by atoms with Crippen LogP contribution < -0.4 is 17.0 Å². The van der Waals surface area contributed by atoms with Crippen LogP contribution in [0.2, 0.25) is 0 Å². The highest BCUT2D eigenvalue weighted by Crippen LogP contribution is 2.43. The first-order valence-corrected chi connectivity index (χ1v) is 12.8. The van der Waals surface area contributed by atoms with Crippen LogP contribution in [-0.2, 0) is 9.53 Å². The average molecular weight is 511 g/mol. The molecular weight excluding hydrogens is 466 g/mol. The maximum absolute atomic E-state index is 13.0. The molecule has 0 spiro atoms. The van der Waals surface area contributed by atoms with Gasteiger partial charge < -0.3 is 31.3 Å². The van der Waals surface area contributed by atoms with Crippen molar-refractivity contribution in [3.63, 3.8) is 0 Å². The smallest absolute Gasteiger partial charge is 0.313 e. The van der Waals surface area contributed by atoms with E-state index in [9.17, 15) is 9.90 Å². The van der Waals surface area contributed by atoms with E-state index < -0.39 is 0 Å². The Morgan fingerprint density at radius 2 is 1.62 bits per heavy atom. The van der Waals surface area contributed by atoms with Gasteiger partial charge in [-0.1, -0.05) is 69.4 Å². The summed E-state index contributed by atoms with van der Waals surface area (Å²) >= 11 is 0. The summed E-state index contributed by atoms with van der Waals surface area (Å²) < 4.78 is 7.25. The number of ether oxygens (including phenoxy) is 1. The van der Waals surface area contributed by atoms with Gasteiger partial charge in [-0.25, -0.2) is 0 Å². The average Bonchev–Trinajstić information content (AvgIpc) is 2.93. The van der Waals surface area contributed by atoms with Crippen molar-refractivity contribution in [2.75, 3.05) is 20.2 Å². The van der Waals surface area contributed by atoms with Gasteiger partial charge in [-0.2, -0.15) is 0 Å². The third kappa shape index (κ3) is 7.04. The summed E-state index contributed by atoms with van der Waals surface area (Å²) in [6.07, 6.45) is 14.5. The fraction of sp³-hybridized carbons (Fsp3) is 0.741. The minimum absolute atomic E-state index is 0. The van der Waals surface area contributed by atoms with E-state index in [0.29, 0.717) is 18.5 Å². The predicted molar refractivity (Wildman–Crippen MR) is 126 cm³/mol. The van der Waals surface area contributed by atoms with Crippen molar-refractivity contribution < 1.29 is 36.1 Å². The molecule has 0 amide bonds. The van der Waals surface area contributed by atoms with Crippen LogP contribution in [0, 0.1) is 0 Å². The highest BCUT2D eigenvalue weighted by molar-refractivity contribution is 5.78. The Balaban J connectivity index is 0.00000363. The molecule has 182 valence electrons. The zero-order valence-corrected chi connectivity index (χ0v) is 21.8. The van der Waals surface area contributed by atoms with E-state index in [1.807, 2.05) is 30.3 Å². The van der Waals surface area contributed by atoms with E-state index in [2.05, 4.69) is 14.0 Å². The minimum atomic E-state index is -0.362.